The lowest BCUT2D eigenvalue weighted by molar-refractivity contribution is 0.0822. The smallest absolute Gasteiger partial charge is 0.225 e. The molecular weight excluding hydrogens is 238 g/mol. The van der Waals surface area contributed by atoms with E-state index in [-0.39, 0.29) is 5.54 Å². The molecule has 104 valence electrons. The van der Waals surface area contributed by atoms with Gasteiger partial charge in [-0.05, 0) is 31.7 Å². The van der Waals surface area contributed by atoms with Gasteiger partial charge in [-0.1, -0.05) is 0 Å². The zero-order valence-corrected chi connectivity index (χ0v) is 11.6. The third-order valence-electron chi connectivity index (χ3n) is 4.71. The molecule has 2 aliphatic rings. The average molecular weight is 261 g/mol. The Morgan fingerprint density at radius 1 is 1.21 bits per heavy atom. The predicted molar refractivity (Wildman–Crippen MR) is 76.0 cm³/mol. The zero-order chi connectivity index (χ0) is 13.3. The maximum Gasteiger partial charge on any atom is 0.225 e. The molecule has 5 nitrogen and oxygen atoms in total. The van der Waals surface area contributed by atoms with Gasteiger partial charge in [0, 0.05) is 50.7 Å². The first-order valence-electron chi connectivity index (χ1n) is 7.21. The van der Waals surface area contributed by atoms with Crippen LogP contribution in [0.4, 0.5) is 5.95 Å². The van der Waals surface area contributed by atoms with Crippen molar-refractivity contribution in [3.8, 4) is 0 Å². The maximum atomic E-state index is 6.04. The predicted octanol–water partition coefficient (Wildman–Crippen LogP) is 0.726. The highest BCUT2D eigenvalue weighted by Gasteiger charge is 2.45. The number of piperazine rings is 1. The SMILES string of the molecule is CC(CN)(C1CC1)N1CCN(c2ncccn2)CC1. The molecule has 1 saturated heterocycles. The van der Waals surface area contributed by atoms with Gasteiger partial charge in [-0.3, -0.25) is 4.90 Å². The second-order valence-electron chi connectivity index (χ2n) is 5.86. The van der Waals surface area contributed by atoms with E-state index in [4.69, 9.17) is 5.73 Å². The van der Waals surface area contributed by atoms with Crippen molar-refractivity contribution in [3.05, 3.63) is 18.5 Å². The van der Waals surface area contributed by atoms with Gasteiger partial charge in [0.05, 0.1) is 0 Å². The monoisotopic (exact) mass is 261 g/mol. The fourth-order valence-electron chi connectivity index (χ4n) is 3.13. The average Bonchev–Trinajstić information content (AvgIpc) is 3.33. The van der Waals surface area contributed by atoms with E-state index in [0.717, 1.165) is 44.6 Å². The van der Waals surface area contributed by atoms with E-state index in [1.54, 1.807) is 0 Å². The van der Waals surface area contributed by atoms with Gasteiger partial charge < -0.3 is 10.6 Å². The molecule has 2 heterocycles. The quantitative estimate of drug-likeness (QED) is 0.865. The van der Waals surface area contributed by atoms with Gasteiger partial charge in [-0.25, -0.2) is 9.97 Å². The van der Waals surface area contributed by atoms with Gasteiger partial charge >= 0.3 is 0 Å². The number of rotatable bonds is 4. The Balaban J connectivity index is 1.63. The van der Waals surface area contributed by atoms with Gasteiger partial charge in [0.1, 0.15) is 0 Å². The molecule has 0 amide bonds. The van der Waals surface area contributed by atoms with Crippen molar-refractivity contribution in [1.29, 1.82) is 0 Å². The lowest BCUT2D eigenvalue weighted by Crippen LogP contribution is -2.60. The summed E-state index contributed by atoms with van der Waals surface area (Å²) in [6.45, 7) is 7.20. The molecule has 19 heavy (non-hydrogen) atoms. The number of nitrogens with zero attached hydrogens (tertiary/aromatic N) is 4. The summed E-state index contributed by atoms with van der Waals surface area (Å²) in [5.41, 5.74) is 6.24. The molecule has 1 aliphatic carbocycles. The van der Waals surface area contributed by atoms with Crippen molar-refractivity contribution in [3.63, 3.8) is 0 Å². The lowest BCUT2D eigenvalue weighted by Gasteiger charge is -2.46. The minimum absolute atomic E-state index is 0.198. The Morgan fingerprint density at radius 3 is 2.37 bits per heavy atom. The Bertz CT molecular complexity index is 411. The van der Waals surface area contributed by atoms with Crippen molar-refractivity contribution < 1.29 is 0 Å². The van der Waals surface area contributed by atoms with Crippen LogP contribution in [-0.2, 0) is 0 Å². The van der Waals surface area contributed by atoms with Crippen molar-refractivity contribution in [1.82, 2.24) is 14.9 Å². The second-order valence-corrected chi connectivity index (χ2v) is 5.86. The summed E-state index contributed by atoms with van der Waals surface area (Å²) >= 11 is 0. The van der Waals surface area contributed by atoms with Gasteiger partial charge in [-0.15, -0.1) is 0 Å². The normalized spacial score (nSPS) is 24.2. The van der Waals surface area contributed by atoms with Crippen LogP contribution in [0.5, 0.6) is 0 Å². The molecular formula is C14H23N5. The molecule has 1 aromatic rings. The Hall–Kier alpha value is -1.20. The summed E-state index contributed by atoms with van der Waals surface area (Å²) < 4.78 is 0. The standard InChI is InChI=1S/C14H23N5/c1-14(11-15,12-3-4-12)19-9-7-18(8-10-19)13-16-5-2-6-17-13/h2,5-6,12H,3-4,7-11,15H2,1H3. The van der Waals surface area contributed by atoms with Gasteiger partial charge in [0.25, 0.3) is 0 Å². The van der Waals surface area contributed by atoms with Crippen LogP contribution in [0.3, 0.4) is 0 Å². The van der Waals surface area contributed by atoms with Crippen molar-refractivity contribution in [2.24, 2.45) is 11.7 Å². The third kappa shape index (κ3) is 2.44. The highest BCUT2D eigenvalue weighted by molar-refractivity contribution is 5.29. The first-order valence-corrected chi connectivity index (χ1v) is 7.21. The molecule has 0 aromatic carbocycles. The summed E-state index contributed by atoms with van der Waals surface area (Å²) in [7, 11) is 0. The molecule has 5 heteroatoms. The number of hydrogen-bond donors (Lipinski definition) is 1. The van der Waals surface area contributed by atoms with Crippen LogP contribution in [0.1, 0.15) is 19.8 Å². The van der Waals surface area contributed by atoms with Gasteiger partial charge in [-0.2, -0.15) is 0 Å². The number of anilines is 1. The fraction of sp³-hybridized carbons (Fsp3) is 0.714. The van der Waals surface area contributed by atoms with E-state index in [2.05, 4.69) is 26.7 Å². The minimum atomic E-state index is 0.198. The molecule has 2 N–H and O–H groups in total. The molecule has 1 atom stereocenters. The molecule has 1 aliphatic heterocycles. The maximum absolute atomic E-state index is 6.04. The van der Waals surface area contributed by atoms with Gasteiger partial charge in [0.2, 0.25) is 5.95 Å². The zero-order valence-electron chi connectivity index (χ0n) is 11.6. The lowest BCUT2D eigenvalue weighted by atomic mass is 9.92. The van der Waals surface area contributed by atoms with E-state index in [1.807, 2.05) is 18.5 Å². The van der Waals surface area contributed by atoms with E-state index in [1.165, 1.54) is 12.8 Å². The van der Waals surface area contributed by atoms with Crippen molar-refractivity contribution in [2.45, 2.75) is 25.3 Å². The van der Waals surface area contributed by atoms with Crippen LogP contribution in [-0.4, -0.2) is 53.1 Å². The van der Waals surface area contributed by atoms with E-state index in [0.29, 0.717) is 0 Å². The van der Waals surface area contributed by atoms with Crippen molar-refractivity contribution >= 4 is 5.95 Å². The summed E-state index contributed by atoms with van der Waals surface area (Å²) in [5, 5.41) is 0. The number of aromatic nitrogens is 2. The Morgan fingerprint density at radius 2 is 1.84 bits per heavy atom. The largest absolute Gasteiger partial charge is 0.338 e. The summed E-state index contributed by atoms with van der Waals surface area (Å²) in [5.74, 6) is 1.65. The third-order valence-corrected chi connectivity index (χ3v) is 4.71. The minimum Gasteiger partial charge on any atom is -0.338 e. The number of nitrogens with two attached hydrogens (primary N) is 1. The highest BCUT2D eigenvalue weighted by Crippen LogP contribution is 2.42. The van der Waals surface area contributed by atoms with Crippen LogP contribution in [0.25, 0.3) is 0 Å². The molecule has 1 unspecified atom stereocenters. The molecule has 1 saturated carbocycles. The first kappa shape index (κ1) is 12.8. The van der Waals surface area contributed by atoms with E-state index < -0.39 is 0 Å². The fourth-order valence-corrected chi connectivity index (χ4v) is 3.13. The molecule has 0 radical (unpaired) electrons. The number of hydrogen-bond acceptors (Lipinski definition) is 5. The topological polar surface area (TPSA) is 58.3 Å². The van der Waals surface area contributed by atoms with Gasteiger partial charge in [0.15, 0.2) is 0 Å². The Kier molecular flexibility index (Phi) is 3.41. The van der Waals surface area contributed by atoms with Crippen LogP contribution < -0.4 is 10.6 Å². The van der Waals surface area contributed by atoms with E-state index >= 15 is 0 Å². The molecule has 0 bridgehead atoms. The molecule has 0 spiro atoms. The second kappa shape index (κ2) is 5.06. The molecule has 2 fully saturated rings. The Labute approximate surface area is 114 Å². The van der Waals surface area contributed by atoms with Crippen LogP contribution in [0.15, 0.2) is 18.5 Å². The van der Waals surface area contributed by atoms with Crippen LogP contribution in [0.2, 0.25) is 0 Å². The van der Waals surface area contributed by atoms with Crippen molar-refractivity contribution in [2.75, 3.05) is 37.6 Å². The van der Waals surface area contributed by atoms with E-state index in [9.17, 15) is 0 Å². The molecule has 1 aromatic heterocycles. The summed E-state index contributed by atoms with van der Waals surface area (Å²) in [6.07, 6.45) is 6.30. The first-order chi connectivity index (χ1) is 9.24. The highest BCUT2D eigenvalue weighted by atomic mass is 15.3. The summed E-state index contributed by atoms with van der Waals surface area (Å²) in [4.78, 5) is 13.5. The van der Waals surface area contributed by atoms with Crippen LogP contribution >= 0.6 is 0 Å². The van der Waals surface area contributed by atoms with Crippen LogP contribution in [0, 0.1) is 5.92 Å². The summed E-state index contributed by atoms with van der Waals surface area (Å²) in [6, 6.07) is 1.86. The molecule has 3 rings (SSSR count).